The summed E-state index contributed by atoms with van der Waals surface area (Å²) in [7, 11) is 1.66. The van der Waals surface area contributed by atoms with Crippen LogP contribution in [0.5, 0.6) is 5.75 Å². The van der Waals surface area contributed by atoms with Gasteiger partial charge in [-0.15, -0.1) is 0 Å². The molecule has 3 aromatic carbocycles. The van der Waals surface area contributed by atoms with Crippen molar-refractivity contribution < 1.29 is 14.3 Å². The highest BCUT2D eigenvalue weighted by molar-refractivity contribution is 5.93. The molecule has 3 N–H and O–H groups in total. The van der Waals surface area contributed by atoms with Gasteiger partial charge in [0.15, 0.2) is 0 Å². The fraction of sp³-hybridized carbons (Fsp3) is 0.267. The maximum atomic E-state index is 13.2. The number of carbonyl (C=O) groups excluding carboxylic acids is 2. The van der Waals surface area contributed by atoms with Gasteiger partial charge in [0.2, 0.25) is 11.8 Å². The Morgan fingerprint density at radius 2 is 1.62 bits per heavy atom. The van der Waals surface area contributed by atoms with Crippen LogP contribution in [-0.4, -0.2) is 59.9 Å². The number of aromatic amines is 1. The first-order valence-corrected chi connectivity index (χ1v) is 12.6. The summed E-state index contributed by atoms with van der Waals surface area (Å²) in [5.74, 6) is 0.595. The number of H-pyrrole nitrogens is 1. The van der Waals surface area contributed by atoms with Crippen LogP contribution in [0.2, 0.25) is 0 Å². The molecule has 0 atom stereocenters. The smallest absolute Gasteiger partial charge is 0.248 e. The van der Waals surface area contributed by atoms with Gasteiger partial charge >= 0.3 is 0 Å². The summed E-state index contributed by atoms with van der Waals surface area (Å²) in [6.45, 7) is 3.89. The Balaban J connectivity index is 1.21. The fourth-order valence-corrected chi connectivity index (χ4v) is 5.04. The lowest BCUT2D eigenvalue weighted by atomic mass is 10.0. The number of hydrogen-bond acceptors (Lipinski definition) is 4. The van der Waals surface area contributed by atoms with Crippen LogP contribution in [0.4, 0.5) is 0 Å². The lowest BCUT2D eigenvalue weighted by molar-refractivity contribution is -0.132. The Labute approximate surface area is 216 Å². The van der Waals surface area contributed by atoms with Gasteiger partial charge in [-0.3, -0.25) is 14.5 Å². The molecule has 5 rings (SSSR count). The van der Waals surface area contributed by atoms with Crippen LogP contribution in [0.25, 0.3) is 22.2 Å². The van der Waals surface area contributed by atoms with Crippen LogP contribution in [0, 0.1) is 0 Å². The minimum Gasteiger partial charge on any atom is -0.497 e. The molecule has 4 aromatic rings. The van der Waals surface area contributed by atoms with E-state index in [0.29, 0.717) is 18.4 Å². The molecule has 0 saturated carbocycles. The average molecular weight is 497 g/mol. The van der Waals surface area contributed by atoms with Gasteiger partial charge < -0.3 is 20.4 Å². The van der Waals surface area contributed by atoms with Crippen molar-refractivity contribution in [2.75, 3.05) is 33.3 Å². The van der Waals surface area contributed by atoms with E-state index in [4.69, 9.17) is 10.5 Å². The molecule has 190 valence electrons. The van der Waals surface area contributed by atoms with Gasteiger partial charge in [-0.25, -0.2) is 0 Å². The lowest BCUT2D eigenvalue weighted by Crippen LogP contribution is -2.48. The molecular weight excluding hydrogens is 464 g/mol. The van der Waals surface area contributed by atoms with Crippen molar-refractivity contribution in [3.63, 3.8) is 0 Å². The lowest BCUT2D eigenvalue weighted by Gasteiger charge is -2.35. The number of aromatic nitrogens is 1. The molecule has 1 aliphatic rings. The summed E-state index contributed by atoms with van der Waals surface area (Å²) < 4.78 is 5.31. The van der Waals surface area contributed by atoms with Crippen LogP contribution in [0.3, 0.4) is 0 Å². The first-order valence-electron chi connectivity index (χ1n) is 12.6. The Bertz CT molecular complexity index is 1380. The summed E-state index contributed by atoms with van der Waals surface area (Å²) in [6, 6.07) is 23.7. The number of fused-ring (bicyclic) bond motifs is 1. The van der Waals surface area contributed by atoms with Gasteiger partial charge in [-0.05, 0) is 65.6 Å². The molecule has 1 aromatic heterocycles. The third kappa shape index (κ3) is 5.52. The second-order valence-corrected chi connectivity index (χ2v) is 9.47. The third-order valence-corrected chi connectivity index (χ3v) is 7.15. The molecule has 2 heterocycles. The SMILES string of the molecule is COc1ccc(-c2[nH]c3ccccc3c2CCC(=O)N2CCN(Cc3ccc(C(N)=O)cc3)CC2)cc1. The molecule has 0 spiro atoms. The number of nitrogens with two attached hydrogens (primary N) is 1. The van der Waals surface area contributed by atoms with Gasteiger partial charge in [-0.1, -0.05) is 30.3 Å². The van der Waals surface area contributed by atoms with Gasteiger partial charge in [0.25, 0.3) is 0 Å². The molecule has 0 aliphatic carbocycles. The number of nitrogens with one attached hydrogen (secondary N) is 1. The average Bonchev–Trinajstić information content (AvgIpc) is 3.31. The minimum atomic E-state index is -0.414. The van der Waals surface area contributed by atoms with E-state index in [1.807, 2.05) is 41.3 Å². The highest BCUT2D eigenvalue weighted by Crippen LogP contribution is 2.32. The molecule has 7 nitrogen and oxygen atoms in total. The molecule has 0 radical (unpaired) electrons. The van der Waals surface area contributed by atoms with Crippen molar-refractivity contribution in [3.05, 3.63) is 89.5 Å². The molecule has 2 amide bonds. The topological polar surface area (TPSA) is 91.7 Å². The summed E-state index contributed by atoms with van der Waals surface area (Å²) >= 11 is 0. The van der Waals surface area contributed by atoms with E-state index >= 15 is 0 Å². The Hall–Kier alpha value is -4.10. The Kier molecular flexibility index (Phi) is 7.23. The largest absolute Gasteiger partial charge is 0.497 e. The predicted octanol–water partition coefficient (Wildman–Crippen LogP) is 4.22. The van der Waals surface area contributed by atoms with Crippen molar-refractivity contribution in [2.24, 2.45) is 5.73 Å². The molecule has 0 bridgehead atoms. The zero-order valence-electron chi connectivity index (χ0n) is 21.1. The minimum absolute atomic E-state index is 0.191. The zero-order chi connectivity index (χ0) is 25.8. The fourth-order valence-electron chi connectivity index (χ4n) is 5.04. The number of para-hydroxylation sites is 1. The molecule has 7 heteroatoms. The number of ether oxygens (including phenoxy) is 1. The summed E-state index contributed by atoms with van der Waals surface area (Å²) in [6.07, 6.45) is 1.15. The number of carbonyl (C=O) groups is 2. The van der Waals surface area contributed by atoms with E-state index in [1.54, 1.807) is 19.2 Å². The maximum Gasteiger partial charge on any atom is 0.248 e. The zero-order valence-corrected chi connectivity index (χ0v) is 21.1. The molecule has 1 fully saturated rings. The van der Waals surface area contributed by atoms with Gasteiger partial charge in [0, 0.05) is 61.3 Å². The van der Waals surface area contributed by atoms with Crippen molar-refractivity contribution in [2.45, 2.75) is 19.4 Å². The van der Waals surface area contributed by atoms with E-state index < -0.39 is 5.91 Å². The van der Waals surface area contributed by atoms with Crippen LogP contribution < -0.4 is 10.5 Å². The van der Waals surface area contributed by atoms with Gasteiger partial charge in [0.05, 0.1) is 7.11 Å². The number of nitrogens with zero attached hydrogens (tertiary/aromatic N) is 2. The van der Waals surface area contributed by atoms with Crippen molar-refractivity contribution >= 4 is 22.7 Å². The number of piperazine rings is 1. The second kappa shape index (κ2) is 10.9. The maximum absolute atomic E-state index is 13.2. The van der Waals surface area contributed by atoms with Gasteiger partial charge in [0.1, 0.15) is 5.75 Å². The first-order chi connectivity index (χ1) is 18.0. The second-order valence-electron chi connectivity index (χ2n) is 9.47. The van der Waals surface area contributed by atoms with E-state index in [2.05, 4.69) is 34.1 Å². The Morgan fingerprint density at radius 3 is 2.30 bits per heavy atom. The van der Waals surface area contributed by atoms with E-state index in [0.717, 1.165) is 66.2 Å². The third-order valence-electron chi connectivity index (χ3n) is 7.15. The van der Waals surface area contributed by atoms with E-state index in [1.165, 1.54) is 5.56 Å². The summed E-state index contributed by atoms with van der Waals surface area (Å²) in [4.78, 5) is 32.3. The highest BCUT2D eigenvalue weighted by atomic mass is 16.5. The standard InChI is InChI=1S/C30H32N4O3/c1-37-24-12-10-22(11-13-24)29-26(25-4-2-3-5-27(25)32-29)14-15-28(35)34-18-16-33(17-19-34)20-21-6-8-23(9-7-21)30(31)36/h2-13,32H,14-20H2,1H3,(H2,31,36). The number of amides is 2. The molecule has 37 heavy (non-hydrogen) atoms. The predicted molar refractivity (Wildman–Crippen MR) is 145 cm³/mol. The molecular formula is C30H32N4O3. The van der Waals surface area contributed by atoms with E-state index in [9.17, 15) is 9.59 Å². The normalized spacial score (nSPS) is 14.1. The molecule has 1 saturated heterocycles. The van der Waals surface area contributed by atoms with Crippen molar-refractivity contribution in [3.8, 4) is 17.0 Å². The Morgan fingerprint density at radius 1 is 0.919 bits per heavy atom. The number of hydrogen-bond donors (Lipinski definition) is 2. The summed E-state index contributed by atoms with van der Waals surface area (Å²) in [5, 5.41) is 1.16. The number of aryl methyl sites for hydroxylation is 1. The monoisotopic (exact) mass is 496 g/mol. The van der Waals surface area contributed by atoms with Gasteiger partial charge in [-0.2, -0.15) is 0 Å². The summed E-state index contributed by atoms with van der Waals surface area (Å²) in [5.41, 5.74) is 11.4. The van der Waals surface area contributed by atoms with E-state index in [-0.39, 0.29) is 5.91 Å². The van der Waals surface area contributed by atoms with Crippen LogP contribution in [0.15, 0.2) is 72.8 Å². The van der Waals surface area contributed by atoms with Crippen LogP contribution >= 0.6 is 0 Å². The number of rotatable bonds is 8. The van der Waals surface area contributed by atoms with Crippen molar-refractivity contribution in [1.29, 1.82) is 0 Å². The number of benzene rings is 3. The highest BCUT2D eigenvalue weighted by Gasteiger charge is 2.22. The van der Waals surface area contributed by atoms with Crippen LogP contribution in [-0.2, 0) is 17.8 Å². The van der Waals surface area contributed by atoms with Crippen molar-refractivity contribution in [1.82, 2.24) is 14.8 Å². The number of primary amides is 1. The molecule has 1 aliphatic heterocycles. The number of methoxy groups -OCH3 is 1. The van der Waals surface area contributed by atoms with Crippen LogP contribution in [0.1, 0.15) is 27.9 Å². The molecule has 0 unspecified atom stereocenters. The quantitative estimate of drug-likeness (QED) is 0.382. The first kappa shape index (κ1) is 24.6.